The highest BCUT2D eigenvalue weighted by atomic mass is 19.1. The van der Waals surface area contributed by atoms with Gasteiger partial charge in [-0.1, -0.05) is 13.0 Å². The molecule has 2 aromatic rings. The summed E-state index contributed by atoms with van der Waals surface area (Å²) in [4.78, 5) is 14.5. The number of aromatic nitrogens is 1. The second-order valence-corrected chi connectivity index (χ2v) is 4.26. The van der Waals surface area contributed by atoms with Crippen LogP contribution < -0.4 is 10.1 Å². The monoisotopic (exact) mass is 291 g/mol. The highest BCUT2D eigenvalue weighted by Gasteiger charge is 2.18. The van der Waals surface area contributed by atoms with E-state index in [1.807, 2.05) is 6.92 Å². The van der Waals surface area contributed by atoms with Crippen molar-refractivity contribution in [2.75, 3.05) is 11.9 Å². The van der Waals surface area contributed by atoms with Gasteiger partial charge in [0, 0.05) is 18.7 Å². The molecular weight excluding hydrogens is 277 g/mol. The summed E-state index contributed by atoms with van der Waals surface area (Å²) in [7, 11) is 0. The van der Waals surface area contributed by atoms with E-state index in [-0.39, 0.29) is 17.3 Å². The van der Waals surface area contributed by atoms with Crippen molar-refractivity contribution in [3.8, 4) is 11.6 Å². The zero-order valence-corrected chi connectivity index (χ0v) is 11.4. The van der Waals surface area contributed by atoms with Gasteiger partial charge >= 0.3 is 11.6 Å². The molecule has 0 aliphatic heterocycles. The lowest BCUT2D eigenvalue weighted by molar-refractivity contribution is -0.386. The number of nitrogens with one attached hydrogen (secondary N) is 1. The predicted molar refractivity (Wildman–Crippen MR) is 76.1 cm³/mol. The summed E-state index contributed by atoms with van der Waals surface area (Å²) >= 11 is 0. The first-order valence-corrected chi connectivity index (χ1v) is 6.43. The molecule has 21 heavy (non-hydrogen) atoms. The minimum Gasteiger partial charge on any atom is -0.434 e. The summed E-state index contributed by atoms with van der Waals surface area (Å²) in [6.07, 6.45) is 0.888. The summed E-state index contributed by atoms with van der Waals surface area (Å²) in [5.74, 6) is -0.0470. The minimum absolute atomic E-state index is 0.151. The topological polar surface area (TPSA) is 77.3 Å². The zero-order chi connectivity index (χ0) is 15.2. The van der Waals surface area contributed by atoms with Gasteiger partial charge in [-0.15, -0.1) is 0 Å². The van der Waals surface area contributed by atoms with Crippen molar-refractivity contribution in [3.63, 3.8) is 0 Å². The highest BCUT2D eigenvalue weighted by molar-refractivity contribution is 5.50. The Morgan fingerprint density at radius 3 is 2.86 bits per heavy atom. The summed E-state index contributed by atoms with van der Waals surface area (Å²) in [5, 5.41) is 14.0. The molecule has 0 saturated carbocycles. The van der Waals surface area contributed by atoms with Crippen LogP contribution >= 0.6 is 0 Å². The van der Waals surface area contributed by atoms with Gasteiger partial charge in [-0.05, 0) is 24.6 Å². The Kier molecular flexibility index (Phi) is 4.65. The van der Waals surface area contributed by atoms with E-state index in [2.05, 4.69) is 10.3 Å². The van der Waals surface area contributed by atoms with Crippen LogP contribution in [0.25, 0.3) is 0 Å². The Morgan fingerprint density at radius 2 is 2.19 bits per heavy atom. The molecule has 0 amide bonds. The summed E-state index contributed by atoms with van der Waals surface area (Å²) in [5.41, 5.74) is -0.277. The van der Waals surface area contributed by atoms with E-state index in [0.717, 1.165) is 12.5 Å². The molecule has 0 bridgehead atoms. The molecule has 0 saturated heterocycles. The lowest BCUT2D eigenvalue weighted by atomic mass is 10.3. The first-order valence-electron chi connectivity index (χ1n) is 6.43. The minimum atomic E-state index is -0.592. The number of nitrogens with zero attached hydrogens (tertiary/aromatic N) is 2. The average Bonchev–Trinajstić information content (AvgIpc) is 2.45. The van der Waals surface area contributed by atoms with E-state index in [1.165, 1.54) is 30.3 Å². The first kappa shape index (κ1) is 14.7. The number of pyridine rings is 1. The first-order chi connectivity index (χ1) is 10.1. The third kappa shape index (κ3) is 3.88. The van der Waals surface area contributed by atoms with Crippen molar-refractivity contribution in [1.29, 1.82) is 0 Å². The van der Waals surface area contributed by atoms with Crippen molar-refractivity contribution < 1.29 is 14.1 Å². The zero-order valence-electron chi connectivity index (χ0n) is 11.4. The molecule has 0 aliphatic rings. The van der Waals surface area contributed by atoms with Gasteiger partial charge in [0.05, 0.1) is 4.92 Å². The van der Waals surface area contributed by atoms with Crippen LogP contribution in [0.15, 0.2) is 36.4 Å². The van der Waals surface area contributed by atoms with Crippen molar-refractivity contribution in [1.82, 2.24) is 4.98 Å². The second-order valence-electron chi connectivity index (χ2n) is 4.26. The Hall–Kier alpha value is -2.70. The molecular formula is C14H14FN3O3. The molecule has 6 nitrogen and oxygen atoms in total. The number of ether oxygens (including phenoxy) is 1. The van der Waals surface area contributed by atoms with Crippen molar-refractivity contribution in [2.45, 2.75) is 13.3 Å². The number of hydrogen-bond donors (Lipinski definition) is 1. The Bertz CT molecular complexity index is 649. The van der Waals surface area contributed by atoms with Gasteiger partial charge < -0.3 is 10.1 Å². The van der Waals surface area contributed by atoms with E-state index < -0.39 is 10.7 Å². The number of benzene rings is 1. The SMILES string of the molecule is CCCNc1ccc([N+](=O)[O-])c(Oc2cccc(F)c2)n1. The maximum atomic E-state index is 13.1. The maximum absolute atomic E-state index is 13.1. The second kappa shape index (κ2) is 6.65. The van der Waals surface area contributed by atoms with Crippen LogP contribution in [-0.2, 0) is 0 Å². The van der Waals surface area contributed by atoms with Crippen molar-refractivity contribution in [2.24, 2.45) is 0 Å². The average molecular weight is 291 g/mol. The van der Waals surface area contributed by atoms with Crippen molar-refractivity contribution in [3.05, 3.63) is 52.3 Å². The fourth-order valence-corrected chi connectivity index (χ4v) is 1.64. The lowest BCUT2D eigenvalue weighted by Crippen LogP contribution is -2.04. The molecule has 0 fully saturated rings. The van der Waals surface area contributed by atoms with Crippen LogP contribution in [0.4, 0.5) is 15.9 Å². The van der Waals surface area contributed by atoms with E-state index in [9.17, 15) is 14.5 Å². The Balaban J connectivity index is 2.31. The molecule has 0 atom stereocenters. The van der Waals surface area contributed by atoms with Crippen LogP contribution in [-0.4, -0.2) is 16.5 Å². The molecule has 0 unspecified atom stereocenters. The van der Waals surface area contributed by atoms with Crippen LogP contribution in [0.5, 0.6) is 11.6 Å². The van der Waals surface area contributed by atoms with E-state index in [1.54, 1.807) is 0 Å². The fourth-order valence-electron chi connectivity index (χ4n) is 1.64. The van der Waals surface area contributed by atoms with Crippen LogP contribution in [0.1, 0.15) is 13.3 Å². The third-order valence-corrected chi connectivity index (χ3v) is 2.60. The van der Waals surface area contributed by atoms with Gasteiger partial charge in [-0.3, -0.25) is 10.1 Å². The molecule has 1 aromatic heterocycles. The van der Waals surface area contributed by atoms with Crippen LogP contribution in [0.3, 0.4) is 0 Å². The number of hydrogen-bond acceptors (Lipinski definition) is 5. The van der Waals surface area contributed by atoms with E-state index >= 15 is 0 Å². The van der Waals surface area contributed by atoms with E-state index in [0.29, 0.717) is 12.4 Å². The number of nitro groups is 1. The molecule has 1 aromatic carbocycles. The number of anilines is 1. The van der Waals surface area contributed by atoms with Crippen LogP contribution in [0, 0.1) is 15.9 Å². The molecule has 0 radical (unpaired) electrons. The third-order valence-electron chi connectivity index (χ3n) is 2.60. The van der Waals surface area contributed by atoms with E-state index in [4.69, 9.17) is 4.74 Å². The van der Waals surface area contributed by atoms with Gasteiger partial charge in [-0.2, -0.15) is 4.98 Å². The maximum Gasteiger partial charge on any atom is 0.331 e. The predicted octanol–water partition coefficient (Wildman–Crippen LogP) is 3.74. The normalized spacial score (nSPS) is 10.2. The smallest absolute Gasteiger partial charge is 0.331 e. The summed E-state index contributed by atoms with van der Waals surface area (Å²) in [6.45, 7) is 2.67. The molecule has 0 spiro atoms. The van der Waals surface area contributed by atoms with Gasteiger partial charge in [0.15, 0.2) is 0 Å². The quantitative estimate of drug-likeness (QED) is 0.648. The standard InChI is InChI=1S/C14H14FN3O3/c1-2-8-16-13-7-6-12(18(19)20)14(17-13)21-11-5-3-4-10(15)9-11/h3-7,9H,2,8H2,1H3,(H,16,17). The molecule has 1 N–H and O–H groups in total. The van der Waals surface area contributed by atoms with Gasteiger partial charge in [-0.25, -0.2) is 4.39 Å². The molecule has 0 aliphatic carbocycles. The Morgan fingerprint density at radius 1 is 1.38 bits per heavy atom. The number of halogens is 1. The van der Waals surface area contributed by atoms with Gasteiger partial charge in [0.2, 0.25) is 0 Å². The molecule has 1 heterocycles. The molecule has 110 valence electrons. The largest absolute Gasteiger partial charge is 0.434 e. The fraction of sp³-hybridized carbons (Fsp3) is 0.214. The highest BCUT2D eigenvalue weighted by Crippen LogP contribution is 2.30. The van der Waals surface area contributed by atoms with Crippen LogP contribution in [0.2, 0.25) is 0 Å². The lowest BCUT2D eigenvalue weighted by Gasteiger charge is -2.08. The molecule has 7 heteroatoms. The molecule has 2 rings (SSSR count). The Labute approximate surface area is 120 Å². The number of rotatable bonds is 6. The summed E-state index contributed by atoms with van der Waals surface area (Å²) in [6, 6.07) is 8.16. The summed E-state index contributed by atoms with van der Waals surface area (Å²) < 4.78 is 18.5. The van der Waals surface area contributed by atoms with Gasteiger partial charge in [0.25, 0.3) is 0 Å². The van der Waals surface area contributed by atoms with Crippen molar-refractivity contribution >= 4 is 11.5 Å². The van der Waals surface area contributed by atoms with Gasteiger partial charge in [0.1, 0.15) is 17.4 Å².